The van der Waals surface area contributed by atoms with E-state index in [1.54, 1.807) is 9.36 Å². The van der Waals surface area contributed by atoms with Crippen molar-refractivity contribution in [2.45, 2.75) is 13.8 Å². The average Bonchev–Trinajstić information content (AvgIpc) is 3.55. The summed E-state index contributed by atoms with van der Waals surface area (Å²) in [5.74, 6) is 0.989. The second-order valence-corrected chi connectivity index (χ2v) is 9.40. The molecule has 0 spiro atoms. The van der Waals surface area contributed by atoms with Crippen LogP contribution < -0.4 is 5.73 Å². The minimum Gasteiger partial charge on any atom is -0.382 e. The van der Waals surface area contributed by atoms with Crippen molar-refractivity contribution in [3.8, 4) is 33.9 Å². The van der Waals surface area contributed by atoms with Crippen LogP contribution in [0.15, 0.2) is 125 Å². The van der Waals surface area contributed by atoms with Crippen LogP contribution >= 0.6 is 0 Å². The molecular formula is C32H27N7. The fourth-order valence-corrected chi connectivity index (χ4v) is 4.36. The van der Waals surface area contributed by atoms with Crippen LogP contribution in [0.3, 0.4) is 0 Å². The lowest BCUT2D eigenvalue weighted by Gasteiger charge is -2.03. The van der Waals surface area contributed by atoms with E-state index in [-0.39, 0.29) is 0 Å². The molecule has 2 N–H and O–H groups in total. The Bertz CT molecular complexity index is 1750. The molecule has 0 amide bonds. The summed E-state index contributed by atoms with van der Waals surface area (Å²) in [5.41, 5.74) is 14.6. The summed E-state index contributed by atoms with van der Waals surface area (Å²) in [4.78, 5) is 0. The van der Waals surface area contributed by atoms with E-state index in [2.05, 4.69) is 48.3 Å². The molecule has 7 heteroatoms. The molecule has 39 heavy (non-hydrogen) atoms. The van der Waals surface area contributed by atoms with E-state index in [1.807, 2.05) is 91.0 Å². The summed E-state index contributed by atoms with van der Waals surface area (Å²) in [5, 5.41) is 19.1. The van der Waals surface area contributed by atoms with E-state index >= 15 is 0 Å². The van der Waals surface area contributed by atoms with E-state index in [0.29, 0.717) is 23.0 Å². The van der Waals surface area contributed by atoms with E-state index in [9.17, 15) is 0 Å². The molecule has 4 aromatic carbocycles. The van der Waals surface area contributed by atoms with Crippen molar-refractivity contribution < 1.29 is 0 Å². The molecule has 0 saturated heterocycles. The smallest absolute Gasteiger partial charge is 0.178 e. The Hall–Kier alpha value is -5.30. The maximum absolute atomic E-state index is 6.65. The van der Waals surface area contributed by atoms with Gasteiger partial charge in [0.2, 0.25) is 0 Å². The highest BCUT2D eigenvalue weighted by molar-refractivity contribution is 5.81. The lowest BCUT2D eigenvalue weighted by atomic mass is 10.1. The maximum Gasteiger partial charge on any atom is 0.178 e. The van der Waals surface area contributed by atoms with E-state index in [1.165, 1.54) is 5.56 Å². The van der Waals surface area contributed by atoms with Gasteiger partial charge in [0.25, 0.3) is 0 Å². The Morgan fingerprint density at radius 1 is 0.590 bits per heavy atom. The number of aryl methyl sites for hydroxylation is 2. The number of anilines is 1. The first-order valence-electron chi connectivity index (χ1n) is 12.7. The summed E-state index contributed by atoms with van der Waals surface area (Å²) in [7, 11) is 0. The number of nitrogen functional groups attached to an aromatic ring is 1. The van der Waals surface area contributed by atoms with E-state index < -0.39 is 0 Å². The topological polar surface area (TPSA) is 86.4 Å². The third-order valence-corrected chi connectivity index (χ3v) is 6.51. The van der Waals surface area contributed by atoms with Gasteiger partial charge in [-0.2, -0.15) is 10.2 Å². The van der Waals surface area contributed by atoms with Gasteiger partial charge in [0.1, 0.15) is 5.69 Å². The van der Waals surface area contributed by atoms with Crippen LogP contribution in [0.25, 0.3) is 33.9 Å². The van der Waals surface area contributed by atoms with Crippen molar-refractivity contribution in [1.82, 2.24) is 19.6 Å². The Balaban J connectivity index is 1.49. The van der Waals surface area contributed by atoms with E-state index in [0.717, 1.165) is 33.8 Å². The number of azo groups is 1. The predicted octanol–water partition coefficient (Wildman–Crippen LogP) is 8.01. The molecule has 2 heterocycles. The van der Waals surface area contributed by atoms with Gasteiger partial charge in [-0.05, 0) is 38.1 Å². The highest BCUT2D eigenvalue weighted by Gasteiger charge is 2.19. The number of nitrogens with zero attached hydrogens (tertiary/aromatic N) is 6. The number of nitrogens with two attached hydrogens (primary N) is 1. The molecule has 6 aromatic rings. The fourth-order valence-electron chi connectivity index (χ4n) is 4.36. The molecule has 0 fully saturated rings. The fraction of sp³-hybridized carbons (Fsp3) is 0.0625. The number of rotatable bonds is 6. The Morgan fingerprint density at radius 2 is 1.13 bits per heavy atom. The van der Waals surface area contributed by atoms with Crippen LogP contribution in [-0.4, -0.2) is 19.6 Å². The number of benzene rings is 4. The molecule has 0 aliphatic rings. The number of hydrogen-bond acceptors (Lipinski definition) is 5. The molecule has 6 rings (SSSR count). The lowest BCUT2D eigenvalue weighted by molar-refractivity contribution is 0.873. The van der Waals surface area contributed by atoms with Gasteiger partial charge in [-0.25, -0.2) is 9.36 Å². The van der Waals surface area contributed by atoms with E-state index in [4.69, 9.17) is 15.9 Å². The second kappa shape index (κ2) is 10.2. The van der Waals surface area contributed by atoms with Crippen molar-refractivity contribution in [2.24, 2.45) is 10.2 Å². The minimum absolute atomic E-state index is 0.407. The van der Waals surface area contributed by atoms with Gasteiger partial charge in [0.15, 0.2) is 17.3 Å². The number of aromatic nitrogens is 4. The maximum atomic E-state index is 6.65. The predicted molar refractivity (Wildman–Crippen MR) is 156 cm³/mol. The third kappa shape index (κ3) is 4.85. The molecule has 2 aromatic heterocycles. The van der Waals surface area contributed by atoms with Crippen LogP contribution in [0.2, 0.25) is 0 Å². The highest BCUT2D eigenvalue weighted by Crippen LogP contribution is 2.38. The monoisotopic (exact) mass is 509 g/mol. The Labute approximate surface area is 226 Å². The average molecular weight is 510 g/mol. The largest absolute Gasteiger partial charge is 0.382 e. The van der Waals surface area contributed by atoms with Gasteiger partial charge in [0.05, 0.1) is 17.1 Å². The molecule has 0 saturated carbocycles. The molecule has 7 nitrogen and oxygen atoms in total. The number of para-hydroxylation sites is 2. The summed E-state index contributed by atoms with van der Waals surface area (Å²) >= 11 is 0. The molecule has 0 bridgehead atoms. The standard InChI is InChI=1S/C32H27N7/c1-22-13-17-24(18-14-22)28-21-29(38(36-28)26-9-5-3-6-10-26)34-35-31-30(25-19-15-23(2)16-20-25)37-39(32(31)33)27-11-7-4-8-12-27/h3-21H,33H2,1-2H3. The summed E-state index contributed by atoms with van der Waals surface area (Å²) in [6.45, 7) is 4.12. The molecular weight excluding hydrogens is 482 g/mol. The first-order valence-corrected chi connectivity index (χ1v) is 12.7. The molecule has 0 unspecified atom stereocenters. The van der Waals surface area contributed by atoms with Crippen molar-refractivity contribution in [2.75, 3.05) is 5.73 Å². The SMILES string of the molecule is Cc1ccc(-c2cc(N=Nc3c(-c4ccc(C)cc4)nn(-c4ccccc4)c3N)n(-c3ccccc3)n2)cc1. The van der Waals surface area contributed by atoms with Crippen LogP contribution in [0, 0.1) is 13.8 Å². The second-order valence-electron chi connectivity index (χ2n) is 9.40. The molecule has 0 atom stereocenters. The summed E-state index contributed by atoms with van der Waals surface area (Å²) in [6, 6.07) is 38.0. The zero-order valence-corrected chi connectivity index (χ0v) is 21.7. The zero-order valence-electron chi connectivity index (χ0n) is 21.7. The highest BCUT2D eigenvalue weighted by atomic mass is 15.4. The lowest BCUT2D eigenvalue weighted by Crippen LogP contribution is -2.01. The molecule has 0 aliphatic carbocycles. The van der Waals surface area contributed by atoms with Crippen molar-refractivity contribution in [1.29, 1.82) is 0 Å². The number of hydrogen-bond donors (Lipinski definition) is 1. The molecule has 190 valence electrons. The van der Waals surface area contributed by atoms with Gasteiger partial charge < -0.3 is 5.73 Å². The quantitative estimate of drug-likeness (QED) is 0.231. The molecule has 0 aliphatic heterocycles. The van der Waals surface area contributed by atoms with Crippen LogP contribution in [-0.2, 0) is 0 Å². The summed E-state index contributed by atoms with van der Waals surface area (Å²) < 4.78 is 3.50. The van der Waals surface area contributed by atoms with Gasteiger partial charge in [-0.15, -0.1) is 10.2 Å². The van der Waals surface area contributed by atoms with Crippen molar-refractivity contribution in [3.63, 3.8) is 0 Å². The van der Waals surface area contributed by atoms with Crippen molar-refractivity contribution >= 4 is 17.3 Å². The first-order chi connectivity index (χ1) is 19.1. The van der Waals surface area contributed by atoms with Gasteiger partial charge >= 0.3 is 0 Å². The van der Waals surface area contributed by atoms with Crippen LogP contribution in [0.5, 0.6) is 0 Å². The summed E-state index contributed by atoms with van der Waals surface area (Å²) in [6.07, 6.45) is 0. The van der Waals surface area contributed by atoms with Gasteiger partial charge in [0, 0.05) is 17.2 Å². The zero-order chi connectivity index (χ0) is 26.8. The minimum atomic E-state index is 0.407. The Kier molecular flexibility index (Phi) is 6.31. The Morgan fingerprint density at radius 3 is 1.72 bits per heavy atom. The van der Waals surface area contributed by atoms with Crippen LogP contribution in [0.1, 0.15) is 11.1 Å². The molecule has 0 radical (unpaired) electrons. The van der Waals surface area contributed by atoms with Crippen LogP contribution in [0.4, 0.5) is 17.3 Å². The third-order valence-electron chi connectivity index (χ3n) is 6.51. The first kappa shape index (κ1) is 24.1. The van der Waals surface area contributed by atoms with Gasteiger partial charge in [-0.1, -0.05) is 96.1 Å². The van der Waals surface area contributed by atoms with Gasteiger partial charge in [-0.3, -0.25) is 0 Å². The van der Waals surface area contributed by atoms with Crippen molar-refractivity contribution in [3.05, 3.63) is 126 Å². The normalized spacial score (nSPS) is 11.3.